The second kappa shape index (κ2) is 5.57. The van der Waals surface area contributed by atoms with Crippen LogP contribution in [0.5, 0.6) is 0 Å². The molecule has 0 unspecified atom stereocenters. The molecular formula is C17H18N2O2S. The second-order valence-corrected chi connectivity index (χ2v) is 6.89. The summed E-state index contributed by atoms with van der Waals surface area (Å²) in [4.78, 5) is 24.5. The molecule has 3 rings (SSSR count). The number of hydrogen-bond donors (Lipinski definition) is 2. The van der Waals surface area contributed by atoms with Gasteiger partial charge in [-0.15, -0.1) is 11.3 Å². The van der Waals surface area contributed by atoms with Crippen molar-refractivity contribution in [1.82, 2.24) is 5.32 Å². The highest BCUT2D eigenvalue weighted by atomic mass is 32.1. The van der Waals surface area contributed by atoms with Crippen LogP contribution in [-0.4, -0.2) is 18.4 Å². The standard InChI is InChI=1S/C17H18N2O2S/c1-17(2)12-10-11(5-6-13(12)19-16(17)21)7-8-18-15(20)14-4-3-9-22-14/h3-6,9-10H,7-8H2,1-2H3,(H,18,20)(H,19,21). The molecule has 0 fully saturated rings. The molecule has 114 valence electrons. The van der Waals surface area contributed by atoms with Gasteiger partial charge in [0.25, 0.3) is 5.91 Å². The minimum Gasteiger partial charge on any atom is -0.351 e. The zero-order valence-corrected chi connectivity index (χ0v) is 13.4. The van der Waals surface area contributed by atoms with Crippen molar-refractivity contribution in [2.45, 2.75) is 25.7 Å². The smallest absolute Gasteiger partial charge is 0.261 e. The molecule has 0 saturated carbocycles. The number of carbonyl (C=O) groups excluding carboxylic acids is 2. The first-order chi connectivity index (χ1) is 10.5. The third-order valence-electron chi connectivity index (χ3n) is 4.02. The van der Waals surface area contributed by atoms with Gasteiger partial charge in [0.15, 0.2) is 0 Å². The largest absolute Gasteiger partial charge is 0.351 e. The molecule has 2 aromatic rings. The maximum absolute atomic E-state index is 11.9. The number of carbonyl (C=O) groups is 2. The molecule has 0 bridgehead atoms. The van der Waals surface area contributed by atoms with E-state index in [1.54, 1.807) is 0 Å². The van der Waals surface area contributed by atoms with E-state index in [2.05, 4.69) is 16.7 Å². The second-order valence-electron chi connectivity index (χ2n) is 5.94. The van der Waals surface area contributed by atoms with Gasteiger partial charge in [-0.25, -0.2) is 0 Å². The number of thiophene rings is 1. The Kier molecular flexibility index (Phi) is 3.74. The maximum Gasteiger partial charge on any atom is 0.261 e. The van der Waals surface area contributed by atoms with E-state index >= 15 is 0 Å². The average molecular weight is 314 g/mol. The van der Waals surface area contributed by atoms with Gasteiger partial charge in [-0.1, -0.05) is 18.2 Å². The van der Waals surface area contributed by atoms with Crippen LogP contribution < -0.4 is 10.6 Å². The van der Waals surface area contributed by atoms with Crippen molar-refractivity contribution in [1.29, 1.82) is 0 Å². The normalized spacial score (nSPS) is 15.3. The van der Waals surface area contributed by atoms with Crippen LogP contribution in [0.3, 0.4) is 0 Å². The monoisotopic (exact) mass is 314 g/mol. The molecule has 0 aliphatic carbocycles. The fourth-order valence-electron chi connectivity index (χ4n) is 2.59. The molecule has 0 spiro atoms. The van der Waals surface area contributed by atoms with Crippen LogP contribution in [0.4, 0.5) is 5.69 Å². The van der Waals surface area contributed by atoms with Crippen molar-refractivity contribution < 1.29 is 9.59 Å². The molecule has 0 saturated heterocycles. The van der Waals surface area contributed by atoms with Crippen molar-refractivity contribution in [3.63, 3.8) is 0 Å². The molecule has 2 N–H and O–H groups in total. The molecule has 2 amide bonds. The van der Waals surface area contributed by atoms with Gasteiger partial charge in [0.2, 0.25) is 5.91 Å². The molecule has 0 atom stereocenters. The number of hydrogen-bond acceptors (Lipinski definition) is 3. The van der Waals surface area contributed by atoms with E-state index < -0.39 is 5.41 Å². The van der Waals surface area contributed by atoms with Gasteiger partial charge in [0.05, 0.1) is 10.3 Å². The number of rotatable bonds is 4. The zero-order valence-electron chi connectivity index (χ0n) is 12.6. The van der Waals surface area contributed by atoms with Crippen molar-refractivity contribution >= 4 is 28.8 Å². The van der Waals surface area contributed by atoms with E-state index in [9.17, 15) is 9.59 Å². The van der Waals surface area contributed by atoms with Crippen LogP contribution in [0.2, 0.25) is 0 Å². The van der Waals surface area contributed by atoms with Gasteiger partial charge in [0.1, 0.15) is 0 Å². The highest BCUT2D eigenvalue weighted by Crippen LogP contribution is 2.37. The Bertz CT molecular complexity index is 720. The van der Waals surface area contributed by atoms with Gasteiger partial charge in [-0.2, -0.15) is 0 Å². The van der Waals surface area contributed by atoms with Crippen LogP contribution in [0.25, 0.3) is 0 Å². The Morgan fingerprint density at radius 1 is 1.32 bits per heavy atom. The molecule has 1 aliphatic rings. The molecule has 2 heterocycles. The summed E-state index contributed by atoms with van der Waals surface area (Å²) < 4.78 is 0. The van der Waals surface area contributed by atoms with Gasteiger partial charge in [0, 0.05) is 12.2 Å². The highest BCUT2D eigenvalue weighted by Gasteiger charge is 2.38. The Labute approximate surface area is 133 Å². The molecule has 4 nitrogen and oxygen atoms in total. The Morgan fingerprint density at radius 2 is 2.14 bits per heavy atom. The van der Waals surface area contributed by atoms with E-state index in [0.717, 1.165) is 28.1 Å². The van der Waals surface area contributed by atoms with E-state index in [4.69, 9.17) is 0 Å². The number of benzene rings is 1. The summed E-state index contributed by atoms with van der Waals surface area (Å²) >= 11 is 1.44. The van der Waals surface area contributed by atoms with Crippen LogP contribution in [0, 0.1) is 0 Å². The van der Waals surface area contributed by atoms with Crippen LogP contribution >= 0.6 is 11.3 Å². The summed E-state index contributed by atoms with van der Waals surface area (Å²) in [5.41, 5.74) is 2.54. The first-order valence-corrected chi connectivity index (χ1v) is 8.13. The molecule has 1 aliphatic heterocycles. The van der Waals surface area contributed by atoms with E-state index in [1.807, 2.05) is 43.5 Å². The average Bonchev–Trinajstić information content (AvgIpc) is 3.08. The molecule has 0 radical (unpaired) electrons. The summed E-state index contributed by atoms with van der Waals surface area (Å²) in [7, 11) is 0. The van der Waals surface area contributed by atoms with Crippen molar-refractivity contribution in [3.8, 4) is 0 Å². The van der Waals surface area contributed by atoms with E-state index in [1.165, 1.54) is 11.3 Å². The predicted octanol–water partition coefficient (Wildman–Crippen LogP) is 2.95. The number of amides is 2. The first kappa shape index (κ1) is 14.8. The zero-order chi connectivity index (χ0) is 15.7. The lowest BCUT2D eigenvalue weighted by molar-refractivity contribution is -0.119. The molecule has 1 aromatic heterocycles. The van der Waals surface area contributed by atoms with Gasteiger partial charge in [-0.05, 0) is 48.9 Å². The molecular weight excluding hydrogens is 296 g/mol. The van der Waals surface area contributed by atoms with Crippen molar-refractivity contribution in [2.24, 2.45) is 0 Å². The molecule has 5 heteroatoms. The predicted molar refractivity (Wildman–Crippen MR) is 88.5 cm³/mol. The third-order valence-corrected chi connectivity index (χ3v) is 4.89. The topological polar surface area (TPSA) is 58.2 Å². The molecule has 22 heavy (non-hydrogen) atoms. The number of fused-ring (bicyclic) bond motifs is 1. The summed E-state index contributed by atoms with van der Waals surface area (Å²) in [5, 5.41) is 7.71. The number of nitrogens with one attached hydrogen (secondary N) is 2. The summed E-state index contributed by atoms with van der Waals surface area (Å²) in [6, 6.07) is 9.68. The fourth-order valence-corrected chi connectivity index (χ4v) is 3.23. The Hall–Kier alpha value is -2.14. The Balaban J connectivity index is 1.64. The van der Waals surface area contributed by atoms with Crippen LogP contribution in [0.15, 0.2) is 35.7 Å². The number of anilines is 1. The maximum atomic E-state index is 11.9. The Morgan fingerprint density at radius 3 is 2.86 bits per heavy atom. The van der Waals surface area contributed by atoms with Crippen molar-refractivity contribution in [2.75, 3.05) is 11.9 Å². The van der Waals surface area contributed by atoms with Crippen LogP contribution in [0.1, 0.15) is 34.6 Å². The van der Waals surface area contributed by atoms with Crippen LogP contribution in [-0.2, 0) is 16.6 Å². The van der Waals surface area contributed by atoms with E-state index in [0.29, 0.717) is 6.54 Å². The minimum absolute atomic E-state index is 0.0330. The first-order valence-electron chi connectivity index (χ1n) is 7.25. The minimum atomic E-state index is -0.494. The lowest BCUT2D eigenvalue weighted by Gasteiger charge is -2.15. The lowest BCUT2D eigenvalue weighted by Crippen LogP contribution is -2.27. The highest BCUT2D eigenvalue weighted by molar-refractivity contribution is 7.12. The van der Waals surface area contributed by atoms with Gasteiger partial charge in [-0.3, -0.25) is 9.59 Å². The lowest BCUT2D eigenvalue weighted by atomic mass is 9.85. The summed E-state index contributed by atoms with van der Waals surface area (Å²) in [5.74, 6) is -0.000942. The van der Waals surface area contributed by atoms with Gasteiger partial charge < -0.3 is 10.6 Å². The fraction of sp³-hybridized carbons (Fsp3) is 0.294. The quantitative estimate of drug-likeness (QED) is 0.911. The van der Waals surface area contributed by atoms with Gasteiger partial charge >= 0.3 is 0 Å². The van der Waals surface area contributed by atoms with E-state index in [-0.39, 0.29) is 11.8 Å². The summed E-state index contributed by atoms with van der Waals surface area (Å²) in [6.07, 6.45) is 0.745. The summed E-state index contributed by atoms with van der Waals surface area (Å²) in [6.45, 7) is 4.43. The SMILES string of the molecule is CC1(C)C(=O)Nc2ccc(CCNC(=O)c3cccs3)cc21. The molecule has 1 aromatic carbocycles. The van der Waals surface area contributed by atoms with Crippen molar-refractivity contribution in [3.05, 3.63) is 51.7 Å². The third kappa shape index (κ3) is 2.64.